The summed E-state index contributed by atoms with van der Waals surface area (Å²) in [6.07, 6.45) is 3.32. The van der Waals surface area contributed by atoms with Crippen molar-refractivity contribution >= 4 is 5.97 Å². The molecule has 3 heteroatoms. The molecule has 0 aromatic heterocycles. The van der Waals surface area contributed by atoms with Crippen LogP contribution in [0, 0.1) is 5.41 Å². The maximum absolute atomic E-state index is 10.8. The van der Waals surface area contributed by atoms with Gasteiger partial charge in [0.2, 0.25) is 0 Å². The molecule has 0 radical (unpaired) electrons. The Bertz CT molecular complexity index is 169. The van der Waals surface area contributed by atoms with E-state index in [0.717, 1.165) is 19.3 Å². The Labute approximate surface area is 66.6 Å². The van der Waals surface area contributed by atoms with Crippen LogP contribution in [0.3, 0.4) is 0 Å². The van der Waals surface area contributed by atoms with E-state index in [4.69, 9.17) is 10.8 Å². The molecule has 1 saturated carbocycles. The van der Waals surface area contributed by atoms with Gasteiger partial charge in [0, 0.05) is 6.04 Å². The van der Waals surface area contributed by atoms with Crippen LogP contribution in [0.1, 0.15) is 32.6 Å². The molecule has 11 heavy (non-hydrogen) atoms. The van der Waals surface area contributed by atoms with Gasteiger partial charge in [-0.2, -0.15) is 0 Å². The van der Waals surface area contributed by atoms with E-state index >= 15 is 0 Å². The van der Waals surface area contributed by atoms with E-state index in [1.165, 1.54) is 0 Å². The number of hydrogen-bond donors (Lipinski definition) is 2. The Morgan fingerprint density at radius 3 is 2.73 bits per heavy atom. The quantitative estimate of drug-likeness (QED) is 0.596. The van der Waals surface area contributed by atoms with Gasteiger partial charge in [-0.15, -0.1) is 0 Å². The molecule has 0 heterocycles. The largest absolute Gasteiger partial charge is 0.481 e. The molecule has 1 aliphatic carbocycles. The maximum atomic E-state index is 10.8. The van der Waals surface area contributed by atoms with E-state index in [0.29, 0.717) is 6.42 Å². The Balaban J connectivity index is 2.63. The van der Waals surface area contributed by atoms with Crippen LogP contribution in [0.25, 0.3) is 0 Å². The van der Waals surface area contributed by atoms with Crippen molar-refractivity contribution in [2.24, 2.45) is 11.1 Å². The topological polar surface area (TPSA) is 63.3 Å². The molecule has 0 aliphatic heterocycles. The molecule has 0 aromatic rings. The van der Waals surface area contributed by atoms with Crippen molar-refractivity contribution in [2.75, 3.05) is 0 Å². The zero-order chi connectivity index (χ0) is 8.48. The predicted molar refractivity (Wildman–Crippen MR) is 42.2 cm³/mol. The number of aliphatic carboxylic acids is 1. The summed E-state index contributed by atoms with van der Waals surface area (Å²) in [6.45, 7) is 1.79. The van der Waals surface area contributed by atoms with E-state index in [1.807, 2.05) is 0 Å². The van der Waals surface area contributed by atoms with Crippen LogP contribution >= 0.6 is 0 Å². The highest BCUT2D eigenvalue weighted by Gasteiger charge is 2.37. The summed E-state index contributed by atoms with van der Waals surface area (Å²) in [5.41, 5.74) is 5.13. The summed E-state index contributed by atoms with van der Waals surface area (Å²) < 4.78 is 0. The monoisotopic (exact) mass is 157 g/mol. The third kappa shape index (κ3) is 1.71. The maximum Gasteiger partial charge on any atom is 0.309 e. The van der Waals surface area contributed by atoms with Crippen molar-refractivity contribution in [2.45, 2.75) is 38.6 Å². The Hall–Kier alpha value is -0.570. The lowest BCUT2D eigenvalue weighted by atomic mass is 9.74. The van der Waals surface area contributed by atoms with Gasteiger partial charge in [-0.3, -0.25) is 4.79 Å². The van der Waals surface area contributed by atoms with Crippen LogP contribution in [-0.2, 0) is 4.79 Å². The van der Waals surface area contributed by atoms with Gasteiger partial charge in [-0.25, -0.2) is 0 Å². The summed E-state index contributed by atoms with van der Waals surface area (Å²) in [5, 5.41) is 8.86. The van der Waals surface area contributed by atoms with Crippen molar-refractivity contribution in [1.29, 1.82) is 0 Å². The van der Waals surface area contributed by atoms with Gasteiger partial charge in [0.1, 0.15) is 0 Å². The first kappa shape index (κ1) is 8.53. The normalized spacial score (nSPS) is 38.5. The fourth-order valence-electron chi connectivity index (χ4n) is 1.73. The van der Waals surface area contributed by atoms with Crippen molar-refractivity contribution < 1.29 is 9.90 Å². The molecule has 1 fully saturated rings. The fourth-order valence-corrected chi connectivity index (χ4v) is 1.73. The molecule has 3 nitrogen and oxygen atoms in total. The van der Waals surface area contributed by atoms with Crippen LogP contribution < -0.4 is 5.73 Å². The number of carbonyl (C=O) groups is 1. The lowest BCUT2D eigenvalue weighted by molar-refractivity contribution is -0.150. The number of hydrogen-bond acceptors (Lipinski definition) is 2. The zero-order valence-electron chi connectivity index (χ0n) is 6.84. The van der Waals surface area contributed by atoms with Crippen LogP contribution in [0.15, 0.2) is 0 Å². The molecular weight excluding hydrogens is 142 g/mol. The third-order valence-corrected chi connectivity index (χ3v) is 2.53. The van der Waals surface area contributed by atoms with Crippen molar-refractivity contribution in [3.63, 3.8) is 0 Å². The van der Waals surface area contributed by atoms with Crippen molar-refractivity contribution in [3.8, 4) is 0 Å². The minimum atomic E-state index is -0.701. The molecule has 0 spiro atoms. The second-order valence-corrected chi connectivity index (χ2v) is 3.72. The highest BCUT2D eigenvalue weighted by atomic mass is 16.4. The highest BCUT2D eigenvalue weighted by Crippen LogP contribution is 2.35. The Kier molecular flexibility index (Phi) is 2.18. The van der Waals surface area contributed by atoms with Crippen LogP contribution in [0.4, 0.5) is 0 Å². The minimum Gasteiger partial charge on any atom is -0.481 e. The molecule has 1 rings (SSSR count). The smallest absolute Gasteiger partial charge is 0.309 e. The molecule has 0 aromatic carbocycles. The summed E-state index contributed by atoms with van der Waals surface area (Å²) in [7, 11) is 0. The van der Waals surface area contributed by atoms with E-state index in [1.54, 1.807) is 6.92 Å². The first-order chi connectivity index (χ1) is 5.04. The van der Waals surface area contributed by atoms with Crippen LogP contribution in [0.2, 0.25) is 0 Å². The summed E-state index contributed by atoms with van der Waals surface area (Å²) in [5.74, 6) is -0.701. The van der Waals surface area contributed by atoms with Gasteiger partial charge in [0.25, 0.3) is 0 Å². The molecule has 0 bridgehead atoms. The second-order valence-electron chi connectivity index (χ2n) is 3.72. The van der Waals surface area contributed by atoms with Crippen molar-refractivity contribution in [1.82, 2.24) is 0 Å². The van der Waals surface area contributed by atoms with E-state index in [2.05, 4.69) is 0 Å². The molecule has 3 N–H and O–H groups in total. The second kappa shape index (κ2) is 2.81. The fraction of sp³-hybridized carbons (Fsp3) is 0.875. The highest BCUT2D eigenvalue weighted by molar-refractivity contribution is 5.74. The zero-order valence-corrected chi connectivity index (χ0v) is 6.84. The van der Waals surface area contributed by atoms with Crippen LogP contribution in [-0.4, -0.2) is 17.1 Å². The van der Waals surface area contributed by atoms with E-state index in [9.17, 15) is 4.79 Å². The standard InChI is InChI=1S/C8H15NO2/c1-8(7(10)11)4-2-3-6(9)5-8/h6H,2-5,9H2,1H3,(H,10,11)/t6-,8-/m0/s1. The SMILES string of the molecule is C[C@]1(C(=O)O)CCC[C@H](N)C1. The average molecular weight is 157 g/mol. The summed E-state index contributed by atoms with van der Waals surface area (Å²) in [6, 6.07) is 0.0878. The lowest BCUT2D eigenvalue weighted by Gasteiger charge is -2.32. The van der Waals surface area contributed by atoms with Gasteiger partial charge < -0.3 is 10.8 Å². The average Bonchev–Trinajstić information content (AvgIpc) is 1.86. The molecule has 0 unspecified atom stereocenters. The number of rotatable bonds is 1. The molecule has 1 aliphatic rings. The Morgan fingerprint density at radius 1 is 1.73 bits per heavy atom. The van der Waals surface area contributed by atoms with Gasteiger partial charge in [0.05, 0.1) is 5.41 Å². The van der Waals surface area contributed by atoms with E-state index in [-0.39, 0.29) is 6.04 Å². The van der Waals surface area contributed by atoms with Gasteiger partial charge in [-0.05, 0) is 26.2 Å². The molecule has 0 saturated heterocycles. The van der Waals surface area contributed by atoms with Gasteiger partial charge >= 0.3 is 5.97 Å². The van der Waals surface area contributed by atoms with Gasteiger partial charge in [0.15, 0.2) is 0 Å². The predicted octanol–water partition coefficient (Wildman–Crippen LogP) is 0.979. The van der Waals surface area contributed by atoms with Crippen molar-refractivity contribution in [3.05, 3.63) is 0 Å². The summed E-state index contributed by atoms with van der Waals surface area (Å²) >= 11 is 0. The molecule has 64 valence electrons. The summed E-state index contributed by atoms with van der Waals surface area (Å²) in [4.78, 5) is 10.8. The molecule has 2 atom stereocenters. The molecule has 0 amide bonds. The number of carboxylic acid groups (broad SMARTS) is 1. The first-order valence-electron chi connectivity index (χ1n) is 4.03. The molecular formula is C8H15NO2. The van der Waals surface area contributed by atoms with Gasteiger partial charge in [-0.1, -0.05) is 6.42 Å². The van der Waals surface area contributed by atoms with E-state index < -0.39 is 11.4 Å². The number of carboxylic acids is 1. The minimum absolute atomic E-state index is 0.0878. The first-order valence-corrected chi connectivity index (χ1v) is 4.03. The number of nitrogens with two attached hydrogens (primary N) is 1. The van der Waals surface area contributed by atoms with Crippen LogP contribution in [0.5, 0.6) is 0 Å². The third-order valence-electron chi connectivity index (χ3n) is 2.53. The lowest BCUT2D eigenvalue weighted by Crippen LogP contribution is -2.39. The Morgan fingerprint density at radius 2 is 2.36 bits per heavy atom.